The molecule has 0 amide bonds. The Morgan fingerprint density at radius 1 is 0.329 bits per heavy atom. The van der Waals surface area contributed by atoms with E-state index in [2.05, 4.69) is 128 Å². The smallest absolute Gasteiger partial charge is 0.873 e. The molecule has 0 saturated carbocycles. The normalized spacial score (nSPS) is 11.7. The van der Waals surface area contributed by atoms with Crippen molar-refractivity contribution in [1.82, 2.24) is 9.97 Å². The molecule has 360 valence electrons. The first-order valence-corrected chi connectivity index (χ1v) is 22.8. The Bertz CT molecular complexity index is 2860. The van der Waals surface area contributed by atoms with E-state index in [1.54, 1.807) is 0 Å². The fourth-order valence-electron chi connectivity index (χ4n) is 7.55. The molecule has 0 unspecified atom stereocenters. The molecule has 0 aliphatic rings. The quantitative estimate of drug-likeness (QED) is 0.141. The Morgan fingerprint density at radius 3 is 0.800 bits per heavy atom. The molecule has 6 aromatic carbocycles. The number of pyridine rings is 2. The van der Waals surface area contributed by atoms with Crippen LogP contribution < -0.4 is 10.2 Å². The van der Waals surface area contributed by atoms with E-state index in [4.69, 9.17) is 29.9 Å². The summed E-state index contributed by atoms with van der Waals surface area (Å²) in [5.74, 6) is -0.873. The summed E-state index contributed by atoms with van der Waals surface area (Å²) in [5, 5.41) is 23.5. The third-order valence-electron chi connectivity index (χ3n) is 11.4. The molecule has 2 aromatic heterocycles. The number of rotatable bonds is 8. The molecule has 0 aliphatic heterocycles. The van der Waals surface area contributed by atoms with Crippen LogP contribution in [0.15, 0.2) is 166 Å². The summed E-state index contributed by atoms with van der Waals surface area (Å²) >= 11 is 0. The summed E-state index contributed by atoms with van der Waals surface area (Å²) in [7, 11) is 0. The van der Waals surface area contributed by atoms with Crippen LogP contribution >= 0.6 is 0 Å². The molecular formula is C60H60Co2N6O2. The van der Waals surface area contributed by atoms with Crippen LogP contribution in [-0.2, 0) is 33.6 Å². The number of hydrogen-bond donors (Lipinski definition) is 0. The molecule has 0 radical (unpaired) electrons. The Morgan fingerprint density at radius 2 is 0.571 bits per heavy atom. The maximum Gasteiger partial charge on any atom is 1.00 e. The minimum Gasteiger partial charge on any atom is -0.873 e. The fourth-order valence-corrected chi connectivity index (χ4v) is 7.55. The third-order valence-corrected chi connectivity index (χ3v) is 11.4. The molecule has 0 bridgehead atoms. The summed E-state index contributed by atoms with van der Waals surface area (Å²) in [4.78, 5) is 28.8. The number of nitrogens with zero attached hydrogens (tertiary/aromatic N) is 6. The fraction of sp³-hybridized carbons (Fsp3) is 0.200. The van der Waals surface area contributed by atoms with Crippen molar-refractivity contribution in [3.05, 3.63) is 213 Å². The Hall–Kier alpha value is -6.83. The van der Waals surface area contributed by atoms with Gasteiger partial charge < -0.3 is 10.2 Å². The third kappa shape index (κ3) is 15.3. The predicted molar refractivity (Wildman–Crippen MR) is 282 cm³/mol. The van der Waals surface area contributed by atoms with Crippen molar-refractivity contribution in [2.75, 3.05) is 0 Å². The number of benzene rings is 6. The van der Waals surface area contributed by atoms with Gasteiger partial charge in [0.15, 0.2) is 0 Å². The molecule has 2 heterocycles. The van der Waals surface area contributed by atoms with Crippen LogP contribution in [0, 0.1) is 55.4 Å². The zero-order valence-electron chi connectivity index (χ0n) is 42.0. The predicted octanol–water partition coefficient (Wildman–Crippen LogP) is 14.2. The SMILES string of the molecule is CC(=Nc1ccc(C)cc1C)c1cccc(C(C)=Nc2ccc(C)cc2C)n1.CC(=Nc1ccc(C)cc1C)c1cccc(C(C)=Nc2ccc(C)cc2C)n1.[Co+].[Co+].[O-]c1cc2ccccc2cc1[O-]. The van der Waals surface area contributed by atoms with E-state index in [1.807, 2.05) is 88.4 Å². The van der Waals surface area contributed by atoms with Gasteiger partial charge in [0.25, 0.3) is 0 Å². The summed E-state index contributed by atoms with van der Waals surface area (Å²) in [5.41, 5.74) is 20.6. The largest absolute Gasteiger partial charge is 1.00 e. The molecular weight excluding hydrogens is 955 g/mol. The molecule has 70 heavy (non-hydrogen) atoms. The van der Waals surface area contributed by atoms with E-state index in [1.165, 1.54) is 56.6 Å². The van der Waals surface area contributed by atoms with Crippen molar-refractivity contribution < 1.29 is 43.8 Å². The van der Waals surface area contributed by atoms with Gasteiger partial charge in [-0.05, 0) is 165 Å². The van der Waals surface area contributed by atoms with Gasteiger partial charge in [0.05, 0.1) is 68.4 Å². The van der Waals surface area contributed by atoms with Crippen LogP contribution in [0.3, 0.4) is 0 Å². The second kappa shape index (κ2) is 25.7. The van der Waals surface area contributed by atoms with Gasteiger partial charge in [-0.15, -0.1) is 11.5 Å². The van der Waals surface area contributed by atoms with Crippen molar-refractivity contribution in [1.29, 1.82) is 0 Å². The first kappa shape index (κ1) is 55.8. The van der Waals surface area contributed by atoms with Gasteiger partial charge in [-0.1, -0.05) is 119 Å². The number of hydrogen-bond acceptors (Lipinski definition) is 8. The molecule has 8 rings (SSSR count). The second-order valence-electron chi connectivity index (χ2n) is 17.4. The van der Waals surface area contributed by atoms with Gasteiger partial charge in [-0.2, -0.15) is 0 Å². The topological polar surface area (TPSA) is 121 Å². The standard InChI is InChI=1S/2C25H27N3.C10H8O2.2Co/c2*1-16-10-12-22(18(3)14-16)26-20(5)24-8-7-9-25(28-24)21(6)27-23-13-11-17(2)15-19(23)4;11-9-5-7-3-1-2-4-8(7)6-10(9)12;;/h2*7-15H,1-6H3;1-6,11-12H;;/q;;;2*+1/p-2. The minimum atomic E-state index is -0.436. The Kier molecular flexibility index (Phi) is 20.5. The molecule has 0 saturated heterocycles. The van der Waals surface area contributed by atoms with Crippen LogP contribution in [0.1, 0.15) is 95.0 Å². The first-order chi connectivity index (χ1) is 32.4. The maximum atomic E-state index is 10.9. The molecule has 0 spiro atoms. The van der Waals surface area contributed by atoms with E-state index >= 15 is 0 Å². The van der Waals surface area contributed by atoms with Crippen molar-refractivity contribution >= 4 is 56.4 Å². The van der Waals surface area contributed by atoms with Crippen LogP contribution in [0.5, 0.6) is 11.5 Å². The Labute approximate surface area is 435 Å². The average Bonchev–Trinajstić information content (AvgIpc) is 3.31. The minimum absolute atomic E-state index is 0. The first-order valence-electron chi connectivity index (χ1n) is 22.8. The van der Waals surface area contributed by atoms with E-state index in [9.17, 15) is 10.2 Å². The van der Waals surface area contributed by atoms with Gasteiger partial charge in [0, 0.05) is 0 Å². The molecule has 0 fully saturated rings. The molecule has 10 heteroatoms. The van der Waals surface area contributed by atoms with Crippen LogP contribution in [0.2, 0.25) is 0 Å². The summed E-state index contributed by atoms with van der Waals surface area (Å²) in [6.07, 6.45) is 0. The average molecular weight is 1020 g/mol. The van der Waals surface area contributed by atoms with Gasteiger partial charge in [0.2, 0.25) is 0 Å². The molecule has 0 atom stereocenters. The monoisotopic (exact) mass is 1010 g/mol. The number of aromatic nitrogens is 2. The molecule has 8 aromatic rings. The van der Waals surface area contributed by atoms with Crippen molar-refractivity contribution in [3.63, 3.8) is 0 Å². The molecule has 0 N–H and O–H groups in total. The Balaban J connectivity index is 0.000000241. The zero-order valence-corrected chi connectivity index (χ0v) is 44.1. The summed E-state index contributed by atoms with van der Waals surface area (Å²) < 4.78 is 0. The van der Waals surface area contributed by atoms with E-state index in [-0.39, 0.29) is 33.6 Å². The van der Waals surface area contributed by atoms with Gasteiger partial charge >= 0.3 is 33.6 Å². The number of aryl methyl sites for hydroxylation is 8. The summed E-state index contributed by atoms with van der Waals surface area (Å²) in [6, 6.07) is 47.3. The van der Waals surface area contributed by atoms with Crippen molar-refractivity contribution in [2.45, 2.75) is 83.1 Å². The van der Waals surface area contributed by atoms with Gasteiger partial charge in [0.1, 0.15) is 0 Å². The molecule has 8 nitrogen and oxygen atoms in total. The van der Waals surface area contributed by atoms with Crippen LogP contribution in [0.25, 0.3) is 10.8 Å². The number of fused-ring (bicyclic) bond motifs is 1. The maximum absolute atomic E-state index is 10.9. The van der Waals surface area contributed by atoms with Crippen molar-refractivity contribution in [3.8, 4) is 11.5 Å². The second-order valence-corrected chi connectivity index (χ2v) is 17.4. The number of aliphatic imine (C=N–C) groups is 4. The van der Waals surface area contributed by atoms with Gasteiger partial charge in [-0.3, -0.25) is 20.0 Å². The summed E-state index contributed by atoms with van der Waals surface area (Å²) in [6.45, 7) is 24.7. The van der Waals surface area contributed by atoms with Crippen molar-refractivity contribution in [2.24, 2.45) is 20.0 Å². The molecule has 0 aliphatic carbocycles. The zero-order chi connectivity index (χ0) is 49.1. The van der Waals surface area contributed by atoms with E-state index in [0.29, 0.717) is 0 Å². The van der Waals surface area contributed by atoms with E-state index < -0.39 is 11.5 Å². The van der Waals surface area contributed by atoms with Crippen LogP contribution in [-0.4, -0.2) is 32.8 Å². The van der Waals surface area contributed by atoms with Crippen LogP contribution in [0.4, 0.5) is 22.7 Å². The van der Waals surface area contributed by atoms with Gasteiger partial charge in [-0.25, -0.2) is 9.97 Å². The van der Waals surface area contributed by atoms with E-state index in [0.717, 1.165) is 79.1 Å².